The van der Waals surface area contributed by atoms with Gasteiger partial charge in [0.05, 0.1) is 17.0 Å². The number of aryl methyl sites for hydroxylation is 1. The van der Waals surface area contributed by atoms with E-state index in [1.165, 1.54) is 6.26 Å². The van der Waals surface area contributed by atoms with Crippen molar-refractivity contribution < 1.29 is 8.42 Å². The molecule has 1 aromatic rings. The molecule has 2 saturated heterocycles. The summed E-state index contributed by atoms with van der Waals surface area (Å²) in [7, 11) is -3.10. The fourth-order valence-electron chi connectivity index (χ4n) is 3.93. The molecule has 3 heterocycles. The van der Waals surface area contributed by atoms with Crippen LogP contribution in [0.4, 0.5) is 0 Å². The number of thiazole rings is 1. The van der Waals surface area contributed by atoms with E-state index in [2.05, 4.69) is 15.3 Å². The SMILES string of the molecule is Cc1nc(CN2CCC3(CCCCN3S(C)(=O)=O)CC2)cs1. The predicted octanol–water partition coefficient (Wildman–Crippen LogP) is 2.23. The maximum absolute atomic E-state index is 12.1. The minimum atomic E-state index is -3.10. The third kappa shape index (κ3) is 3.37. The van der Waals surface area contributed by atoms with E-state index in [4.69, 9.17) is 0 Å². The van der Waals surface area contributed by atoms with Crippen molar-refractivity contribution in [1.29, 1.82) is 0 Å². The summed E-state index contributed by atoms with van der Waals surface area (Å²) in [5.74, 6) is 0. The van der Waals surface area contributed by atoms with Gasteiger partial charge in [-0.25, -0.2) is 13.4 Å². The monoisotopic (exact) mass is 343 g/mol. The summed E-state index contributed by atoms with van der Waals surface area (Å²) in [4.78, 5) is 6.95. The number of hydrogen-bond donors (Lipinski definition) is 0. The summed E-state index contributed by atoms with van der Waals surface area (Å²) in [6.45, 7) is 5.54. The van der Waals surface area contributed by atoms with E-state index >= 15 is 0 Å². The van der Waals surface area contributed by atoms with Gasteiger partial charge in [-0.05, 0) is 32.6 Å². The Balaban J connectivity index is 1.66. The molecule has 0 unspecified atom stereocenters. The van der Waals surface area contributed by atoms with Crippen molar-refractivity contribution in [2.75, 3.05) is 25.9 Å². The topological polar surface area (TPSA) is 53.5 Å². The lowest BCUT2D eigenvalue weighted by Gasteiger charge is -2.50. The minimum Gasteiger partial charge on any atom is -0.297 e. The molecule has 0 aromatic carbocycles. The van der Waals surface area contributed by atoms with Crippen LogP contribution in [0.1, 0.15) is 42.8 Å². The van der Waals surface area contributed by atoms with Gasteiger partial charge >= 0.3 is 0 Å². The molecule has 2 aliphatic heterocycles. The van der Waals surface area contributed by atoms with Crippen LogP contribution in [0.2, 0.25) is 0 Å². The van der Waals surface area contributed by atoms with Gasteiger partial charge in [0.25, 0.3) is 0 Å². The number of rotatable bonds is 3. The first-order chi connectivity index (χ1) is 10.4. The average molecular weight is 344 g/mol. The van der Waals surface area contributed by atoms with Crippen molar-refractivity contribution in [2.24, 2.45) is 0 Å². The molecule has 3 rings (SSSR count). The van der Waals surface area contributed by atoms with Crippen LogP contribution in [-0.4, -0.2) is 54.0 Å². The lowest BCUT2D eigenvalue weighted by atomic mass is 9.80. The van der Waals surface area contributed by atoms with E-state index in [0.29, 0.717) is 6.54 Å². The molecule has 0 aliphatic carbocycles. The fourth-order valence-corrected chi connectivity index (χ4v) is 5.97. The number of sulfonamides is 1. The van der Waals surface area contributed by atoms with Gasteiger partial charge in [-0.2, -0.15) is 4.31 Å². The van der Waals surface area contributed by atoms with Gasteiger partial charge in [-0.3, -0.25) is 4.90 Å². The molecule has 0 amide bonds. The molecule has 0 radical (unpaired) electrons. The Bertz CT molecular complexity index is 618. The Hall–Kier alpha value is -0.500. The second-order valence-corrected chi connectivity index (χ2v) is 9.62. The van der Waals surface area contributed by atoms with Gasteiger partial charge in [-0.15, -0.1) is 11.3 Å². The summed E-state index contributed by atoms with van der Waals surface area (Å²) in [5, 5.41) is 3.24. The standard InChI is InChI=1S/C15H25N3O2S2/c1-13-16-14(12-21-13)11-17-9-6-15(7-10-17)5-3-4-8-18(15)22(2,19)20/h12H,3-11H2,1-2H3. The van der Waals surface area contributed by atoms with Crippen LogP contribution in [0.5, 0.6) is 0 Å². The Morgan fingerprint density at radius 1 is 1.23 bits per heavy atom. The second-order valence-electron chi connectivity index (χ2n) is 6.65. The highest BCUT2D eigenvalue weighted by Gasteiger charge is 2.45. The van der Waals surface area contributed by atoms with Crippen LogP contribution < -0.4 is 0 Å². The molecule has 1 spiro atoms. The summed E-state index contributed by atoms with van der Waals surface area (Å²) >= 11 is 1.69. The second kappa shape index (κ2) is 6.19. The number of aromatic nitrogens is 1. The molecular weight excluding hydrogens is 318 g/mol. The number of nitrogens with zero attached hydrogens (tertiary/aromatic N) is 3. The van der Waals surface area contributed by atoms with Crippen LogP contribution in [-0.2, 0) is 16.6 Å². The van der Waals surface area contributed by atoms with Crippen molar-refractivity contribution in [3.8, 4) is 0 Å². The quantitative estimate of drug-likeness (QED) is 0.844. The fraction of sp³-hybridized carbons (Fsp3) is 0.800. The molecule has 124 valence electrons. The molecular formula is C15H25N3O2S2. The molecule has 0 N–H and O–H groups in total. The average Bonchev–Trinajstić information content (AvgIpc) is 2.86. The van der Waals surface area contributed by atoms with E-state index in [1.54, 1.807) is 15.6 Å². The third-order valence-corrected chi connectivity index (χ3v) is 7.21. The summed E-state index contributed by atoms with van der Waals surface area (Å²) < 4.78 is 26.1. The smallest absolute Gasteiger partial charge is 0.211 e. The number of piperidine rings is 2. The van der Waals surface area contributed by atoms with E-state index in [0.717, 1.165) is 62.4 Å². The van der Waals surface area contributed by atoms with Gasteiger partial charge < -0.3 is 0 Å². The Kier molecular flexibility index (Phi) is 4.60. The van der Waals surface area contributed by atoms with E-state index in [-0.39, 0.29) is 5.54 Å². The molecule has 0 saturated carbocycles. The highest BCUT2D eigenvalue weighted by atomic mass is 32.2. The van der Waals surface area contributed by atoms with Crippen molar-refractivity contribution in [2.45, 2.75) is 51.1 Å². The van der Waals surface area contributed by atoms with Gasteiger partial charge in [0.15, 0.2) is 0 Å². The molecule has 22 heavy (non-hydrogen) atoms. The molecule has 5 nitrogen and oxygen atoms in total. The Morgan fingerprint density at radius 2 is 1.95 bits per heavy atom. The van der Waals surface area contributed by atoms with Crippen LogP contribution in [0.25, 0.3) is 0 Å². The molecule has 0 bridgehead atoms. The van der Waals surface area contributed by atoms with Crippen molar-refractivity contribution in [3.05, 3.63) is 16.1 Å². The van der Waals surface area contributed by atoms with Crippen molar-refractivity contribution in [3.63, 3.8) is 0 Å². The zero-order valence-corrected chi connectivity index (χ0v) is 15.0. The van der Waals surface area contributed by atoms with Gasteiger partial charge in [0, 0.05) is 37.1 Å². The van der Waals surface area contributed by atoms with Crippen molar-refractivity contribution >= 4 is 21.4 Å². The first kappa shape index (κ1) is 16.4. The van der Waals surface area contributed by atoms with Crippen molar-refractivity contribution in [1.82, 2.24) is 14.2 Å². The largest absolute Gasteiger partial charge is 0.297 e. The van der Waals surface area contributed by atoms with Gasteiger partial charge in [-0.1, -0.05) is 6.42 Å². The van der Waals surface area contributed by atoms with Crippen LogP contribution in [0, 0.1) is 6.92 Å². The normalized spacial score (nSPS) is 23.9. The maximum Gasteiger partial charge on any atom is 0.211 e. The highest BCUT2D eigenvalue weighted by Crippen LogP contribution is 2.39. The van der Waals surface area contributed by atoms with E-state index in [9.17, 15) is 8.42 Å². The summed E-state index contributed by atoms with van der Waals surface area (Å²) in [6, 6.07) is 0. The molecule has 1 aromatic heterocycles. The van der Waals surface area contributed by atoms with E-state index < -0.39 is 10.0 Å². The highest BCUT2D eigenvalue weighted by molar-refractivity contribution is 7.88. The lowest BCUT2D eigenvalue weighted by Crippen LogP contribution is -2.58. The predicted molar refractivity (Wildman–Crippen MR) is 89.5 cm³/mol. The number of likely N-dealkylation sites (tertiary alicyclic amines) is 1. The lowest BCUT2D eigenvalue weighted by molar-refractivity contribution is 0.0455. The third-order valence-electron chi connectivity index (χ3n) is 5.02. The molecule has 0 atom stereocenters. The zero-order chi connectivity index (χ0) is 15.8. The Labute approximate surface area is 137 Å². The Morgan fingerprint density at radius 3 is 2.55 bits per heavy atom. The van der Waals surface area contributed by atoms with Gasteiger partial charge in [0.1, 0.15) is 0 Å². The first-order valence-electron chi connectivity index (χ1n) is 8.00. The maximum atomic E-state index is 12.1. The molecule has 2 fully saturated rings. The zero-order valence-electron chi connectivity index (χ0n) is 13.4. The summed E-state index contributed by atoms with van der Waals surface area (Å²) in [6.07, 6.45) is 6.43. The van der Waals surface area contributed by atoms with Crippen LogP contribution in [0.15, 0.2) is 5.38 Å². The summed E-state index contributed by atoms with van der Waals surface area (Å²) in [5.41, 5.74) is 1.02. The molecule has 2 aliphatic rings. The van der Waals surface area contributed by atoms with Crippen LogP contribution in [0.3, 0.4) is 0 Å². The minimum absolute atomic E-state index is 0.125. The first-order valence-corrected chi connectivity index (χ1v) is 10.7. The van der Waals surface area contributed by atoms with Gasteiger partial charge in [0.2, 0.25) is 10.0 Å². The molecule has 7 heteroatoms. The number of hydrogen-bond acceptors (Lipinski definition) is 5. The van der Waals surface area contributed by atoms with Crippen LogP contribution >= 0.6 is 11.3 Å². The van der Waals surface area contributed by atoms with E-state index in [1.807, 2.05) is 6.92 Å².